The minimum absolute atomic E-state index is 0.138. The summed E-state index contributed by atoms with van der Waals surface area (Å²) < 4.78 is 0. The molecule has 0 radical (unpaired) electrons. The maximum Gasteiger partial charge on any atom is 0.0568 e. The van der Waals surface area contributed by atoms with E-state index in [1.165, 1.54) is 115 Å². The monoisotopic (exact) mass is 470 g/mol. The average molecular weight is 471 g/mol. The van der Waals surface area contributed by atoms with Gasteiger partial charge in [-0.05, 0) is 92.8 Å². The van der Waals surface area contributed by atoms with Crippen molar-refractivity contribution in [3.63, 3.8) is 0 Å². The van der Waals surface area contributed by atoms with Crippen LogP contribution in [0, 0.1) is 40.9 Å². The molecule has 196 valence electrons. The summed E-state index contributed by atoms with van der Waals surface area (Å²) in [5.74, 6) is 4.74. The SMILES string of the molecule is C=C(CC1CCCC1)CC(CCCCCCCC1C[C@@]1(C)C(C)O)C(=C)C1CCCC1C(C)C. The topological polar surface area (TPSA) is 20.2 Å². The lowest BCUT2D eigenvalue weighted by molar-refractivity contribution is 0.110. The molecule has 1 nitrogen and oxygen atoms in total. The third-order valence-corrected chi connectivity index (χ3v) is 10.5. The van der Waals surface area contributed by atoms with Crippen LogP contribution >= 0.6 is 0 Å². The largest absolute Gasteiger partial charge is 0.393 e. The molecule has 3 aliphatic rings. The molecule has 3 saturated carbocycles. The predicted octanol–water partition coefficient (Wildman–Crippen LogP) is 9.90. The molecule has 0 aliphatic heterocycles. The Morgan fingerprint density at radius 3 is 2.24 bits per heavy atom. The number of aliphatic hydroxyl groups excluding tert-OH is 1. The van der Waals surface area contributed by atoms with Crippen LogP contribution in [0.15, 0.2) is 24.3 Å². The van der Waals surface area contributed by atoms with Crippen molar-refractivity contribution in [2.45, 2.75) is 143 Å². The molecule has 5 unspecified atom stereocenters. The molecule has 0 bridgehead atoms. The minimum Gasteiger partial charge on any atom is -0.393 e. The van der Waals surface area contributed by atoms with Crippen molar-refractivity contribution < 1.29 is 5.11 Å². The highest BCUT2D eigenvalue weighted by Crippen LogP contribution is 2.57. The Hall–Kier alpha value is -0.560. The second-order valence-electron chi connectivity index (χ2n) is 13.5. The number of rotatable bonds is 16. The molecule has 3 aliphatic carbocycles. The van der Waals surface area contributed by atoms with Crippen molar-refractivity contribution in [3.05, 3.63) is 24.3 Å². The van der Waals surface area contributed by atoms with Crippen LogP contribution < -0.4 is 0 Å². The van der Waals surface area contributed by atoms with Crippen LogP contribution in [0.2, 0.25) is 0 Å². The zero-order chi connectivity index (χ0) is 24.7. The molecule has 0 spiro atoms. The van der Waals surface area contributed by atoms with E-state index in [1.807, 2.05) is 6.92 Å². The minimum atomic E-state index is -0.138. The van der Waals surface area contributed by atoms with Crippen LogP contribution in [0.1, 0.15) is 137 Å². The molecule has 3 fully saturated rings. The average Bonchev–Trinajstić information content (AvgIpc) is 3.18. The van der Waals surface area contributed by atoms with Gasteiger partial charge in [0.2, 0.25) is 0 Å². The van der Waals surface area contributed by atoms with Gasteiger partial charge in [0.15, 0.2) is 0 Å². The summed E-state index contributed by atoms with van der Waals surface area (Å²) in [4.78, 5) is 0. The molecule has 0 aromatic rings. The Kier molecular flexibility index (Phi) is 10.8. The fourth-order valence-corrected chi connectivity index (χ4v) is 7.75. The first-order valence-electron chi connectivity index (χ1n) is 15.3. The van der Waals surface area contributed by atoms with Crippen molar-refractivity contribution in [2.24, 2.45) is 40.9 Å². The van der Waals surface area contributed by atoms with E-state index in [2.05, 4.69) is 27.4 Å². The molecule has 0 aromatic carbocycles. The molecule has 6 atom stereocenters. The summed E-state index contributed by atoms with van der Waals surface area (Å²) in [6.07, 6.45) is 22.9. The van der Waals surface area contributed by atoms with E-state index >= 15 is 0 Å². The van der Waals surface area contributed by atoms with Crippen LogP contribution in [-0.4, -0.2) is 11.2 Å². The van der Waals surface area contributed by atoms with E-state index < -0.39 is 0 Å². The van der Waals surface area contributed by atoms with Gasteiger partial charge in [0, 0.05) is 0 Å². The summed E-state index contributed by atoms with van der Waals surface area (Å²) in [6.45, 7) is 18.4. The zero-order valence-electron chi connectivity index (χ0n) is 23.4. The lowest BCUT2D eigenvalue weighted by Gasteiger charge is -2.31. The number of unbranched alkanes of at least 4 members (excludes halogenated alkanes) is 4. The van der Waals surface area contributed by atoms with Gasteiger partial charge >= 0.3 is 0 Å². The number of allylic oxidation sites excluding steroid dienone is 2. The van der Waals surface area contributed by atoms with Crippen molar-refractivity contribution >= 4 is 0 Å². The Balaban J connectivity index is 1.42. The maximum atomic E-state index is 9.94. The molecule has 3 rings (SSSR count). The first kappa shape index (κ1) is 28.0. The van der Waals surface area contributed by atoms with E-state index in [-0.39, 0.29) is 11.5 Å². The molecule has 34 heavy (non-hydrogen) atoms. The second-order valence-corrected chi connectivity index (χ2v) is 13.5. The smallest absolute Gasteiger partial charge is 0.0568 e. The van der Waals surface area contributed by atoms with Gasteiger partial charge in [0.05, 0.1) is 6.10 Å². The van der Waals surface area contributed by atoms with Gasteiger partial charge in [-0.15, -0.1) is 0 Å². The van der Waals surface area contributed by atoms with Crippen molar-refractivity contribution in [1.29, 1.82) is 0 Å². The van der Waals surface area contributed by atoms with Crippen molar-refractivity contribution in [3.8, 4) is 0 Å². The second kappa shape index (κ2) is 13.1. The van der Waals surface area contributed by atoms with E-state index in [4.69, 9.17) is 6.58 Å². The summed E-state index contributed by atoms with van der Waals surface area (Å²) in [6, 6.07) is 0. The van der Waals surface area contributed by atoms with E-state index in [0.29, 0.717) is 5.92 Å². The summed E-state index contributed by atoms with van der Waals surface area (Å²) in [5.41, 5.74) is 3.33. The number of aliphatic hydroxyl groups is 1. The van der Waals surface area contributed by atoms with Crippen molar-refractivity contribution in [1.82, 2.24) is 0 Å². The van der Waals surface area contributed by atoms with Gasteiger partial charge in [-0.25, -0.2) is 0 Å². The molecule has 1 N–H and O–H groups in total. The van der Waals surface area contributed by atoms with Gasteiger partial charge < -0.3 is 5.11 Å². The molecule has 0 amide bonds. The zero-order valence-corrected chi connectivity index (χ0v) is 23.4. The highest BCUT2D eigenvalue weighted by molar-refractivity contribution is 5.14. The number of hydrogen-bond donors (Lipinski definition) is 1. The van der Waals surface area contributed by atoms with Crippen molar-refractivity contribution in [2.75, 3.05) is 0 Å². The van der Waals surface area contributed by atoms with Crippen LogP contribution in [0.25, 0.3) is 0 Å². The summed E-state index contributed by atoms with van der Waals surface area (Å²) in [5, 5.41) is 9.94. The van der Waals surface area contributed by atoms with Gasteiger partial charge in [-0.2, -0.15) is 0 Å². The Bertz CT molecular complexity index is 639. The molecule has 0 saturated heterocycles. The van der Waals surface area contributed by atoms with Gasteiger partial charge in [0.1, 0.15) is 0 Å². The normalized spacial score (nSPS) is 31.2. The third-order valence-electron chi connectivity index (χ3n) is 10.5. The first-order valence-corrected chi connectivity index (χ1v) is 15.3. The van der Waals surface area contributed by atoms with Crippen LogP contribution in [0.4, 0.5) is 0 Å². The highest BCUT2D eigenvalue weighted by atomic mass is 16.3. The van der Waals surface area contributed by atoms with Gasteiger partial charge in [-0.3, -0.25) is 0 Å². The van der Waals surface area contributed by atoms with Gasteiger partial charge in [-0.1, -0.05) is 109 Å². The summed E-state index contributed by atoms with van der Waals surface area (Å²) in [7, 11) is 0. The quantitative estimate of drug-likeness (QED) is 0.176. The lowest BCUT2D eigenvalue weighted by Crippen LogP contribution is -2.21. The van der Waals surface area contributed by atoms with Crippen LogP contribution in [0.5, 0.6) is 0 Å². The Morgan fingerprint density at radius 2 is 1.59 bits per heavy atom. The molecule has 1 heteroatoms. The van der Waals surface area contributed by atoms with Crippen LogP contribution in [0.3, 0.4) is 0 Å². The fourth-order valence-electron chi connectivity index (χ4n) is 7.75. The Morgan fingerprint density at radius 1 is 0.912 bits per heavy atom. The fraction of sp³-hybridized carbons (Fsp3) is 0.879. The first-order chi connectivity index (χ1) is 16.2. The van der Waals surface area contributed by atoms with Gasteiger partial charge in [0.25, 0.3) is 0 Å². The standard InChI is InChI=1S/C33H58O/c1-24(2)31-19-14-20-32(31)26(4)29(22-25(3)21-28-15-12-13-16-28)17-10-8-7-9-11-18-30-23-33(30,6)27(5)34/h24,27-32,34H,3-4,7-23H2,1-2,5-6H3/t27?,29?,30?,31?,32?,33-/m0/s1. The lowest BCUT2D eigenvalue weighted by atomic mass is 9.74. The van der Waals surface area contributed by atoms with E-state index in [1.54, 1.807) is 5.57 Å². The van der Waals surface area contributed by atoms with E-state index in [9.17, 15) is 5.11 Å². The molecular weight excluding hydrogens is 412 g/mol. The number of hydrogen-bond acceptors (Lipinski definition) is 1. The van der Waals surface area contributed by atoms with E-state index in [0.717, 1.165) is 29.6 Å². The van der Waals surface area contributed by atoms with Crippen LogP contribution in [-0.2, 0) is 0 Å². The Labute approximate surface area is 213 Å². The predicted molar refractivity (Wildman–Crippen MR) is 149 cm³/mol. The molecule has 0 aromatic heterocycles. The summed E-state index contributed by atoms with van der Waals surface area (Å²) >= 11 is 0. The highest BCUT2D eigenvalue weighted by Gasteiger charge is 2.52. The molecule has 0 heterocycles. The molecular formula is C33H58O. The maximum absolute atomic E-state index is 9.94. The third kappa shape index (κ3) is 7.72.